The number of carbonyl (C=O) groups excluding carboxylic acids is 2. The summed E-state index contributed by atoms with van der Waals surface area (Å²) in [6.07, 6.45) is -9.58. The van der Waals surface area contributed by atoms with E-state index in [1.165, 1.54) is 0 Å². The summed E-state index contributed by atoms with van der Waals surface area (Å²) < 4.78 is 88.2. The molecule has 1 N–H and O–H groups in total. The number of methoxy groups -OCH3 is 2. The number of halogens is 6. The van der Waals surface area contributed by atoms with Crippen LogP contribution in [0.1, 0.15) is 5.56 Å². The largest absolute Gasteiger partial charge is 0.482 e. The van der Waals surface area contributed by atoms with Crippen molar-refractivity contribution in [1.29, 1.82) is 0 Å². The molecule has 1 aromatic carbocycles. The minimum Gasteiger partial charge on any atom is -0.482 e. The Hall–Kier alpha value is -2.99. The number of ether oxygens (including phenoxy) is 3. The normalized spacial score (nSPS) is 11.4. The summed E-state index contributed by atoms with van der Waals surface area (Å²) in [4.78, 5) is 22.9. The van der Waals surface area contributed by atoms with Crippen LogP contribution in [0.5, 0.6) is 5.75 Å². The highest BCUT2D eigenvalue weighted by Gasteiger charge is 2.33. The monoisotopic (exact) mass is 402 g/mol. The third-order valence-corrected chi connectivity index (χ3v) is 2.74. The van der Waals surface area contributed by atoms with Gasteiger partial charge in [0.05, 0.1) is 25.5 Å². The second-order valence-corrected chi connectivity index (χ2v) is 4.67. The molecule has 0 saturated carbocycles. The second kappa shape index (κ2) is 8.60. The van der Waals surface area contributed by atoms with Crippen LogP contribution in [-0.2, 0) is 25.2 Å². The average Bonchev–Trinajstić information content (AvgIpc) is 2.58. The Bertz CT molecular complexity index is 712. The molecule has 0 atom stereocenters. The molecular formula is C14H12F6N2O5. The lowest BCUT2D eigenvalue weighted by Gasteiger charge is -2.15. The van der Waals surface area contributed by atoms with E-state index in [9.17, 15) is 35.9 Å². The van der Waals surface area contributed by atoms with E-state index in [-0.39, 0.29) is 0 Å². The first-order valence-corrected chi connectivity index (χ1v) is 6.80. The Kier molecular flexibility index (Phi) is 7.02. The Morgan fingerprint density at radius 1 is 1.04 bits per heavy atom. The molecule has 0 saturated heterocycles. The predicted molar refractivity (Wildman–Crippen MR) is 78.1 cm³/mol. The van der Waals surface area contributed by atoms with Gasteiger partial charge >= 0.3 is 24.3 Å². The molecule has 0 bridgehead atoms. The van der Waals surface area contributed by atoms with Gasteiger partial charge in [0.1, 0.15) is 5.75 Å². The Labute approximate surface area is 147 Å². The summed E-state index contributed by atoms with van der Waals surface area (Å²) in [6, 6.07) is 1.51. The van der Waals surface area contributed by atoms with Crippen molar-refractivity contribution in [2.45, 2.75) is 12.4 Å². The van der Waals surface area contributed by atoms with E-state index >= 15 is 0 Å². The number of hydrogen-bond donors (Lipinski definition) is 1. The molecule has 0 fully saturated rings. The van der Waals surface area contributed by atoms with E-state index in [0.29, 0.717) is 18.2 Å². The first kappa shape index (κ1) is 22.1. The maximum Gasteiger partial charge on any atom is 0.422 e. The number of esters is 2. The fraction of sp³-hybridized carbons (Fsp3) is 0.357. The lowest BCUT2D eigenvalue weighted by molar-refractivity contribution is -0.153. The zero-order chi connectivity index (χ0) is 20.8. The summed E-state index contributed by atoms with van der Waals surface area (Å²) >= 11 is 0. The molecule has 0 aromatic heterocycles. The van der Waals surface area contributed by atoms with Gasteiger partial charge in [-0.05, 0) is 18.2 Å². The molecule has 150 valence electrons. The van der Waals surface area contributed by atoms with E-state index < -0.39 is 53.6 Å². The number of rotatable bonds is 6. The highest BCUT2D eigenvalue weighted by atomic mass is 19.4. The number of nitrogens with zero attached hydrogens (tertiary/aromatic N) is 1. The topological polar surface area (TPSA) is 86.2 Å². The molecule has 1 aromatic rings. The number of carbonyl (C=O) groups is 2. The Morgan fingerprint density at radius 2 is 1.59 bits per heavy atom. The lowest BCUT2D eigenvalue weighted by Crippen LogP contribution is -2.27. The summed E-state index contributed by atoms with van der Waals surface area (Å²) in [6.45, 7) is -1.79. The van der Waals surface area contributed by atoms with E-state index in [1.54, 1.807) is 0 Å². The van der Waals surface area contributed by atoms with Crippen molar-refractivity contribution in [3.05, 3.63) is 23.8 Å². The lowest BCUT2D eigenvalue weighted by atomic mass is 10.2. The van der Waals surface area contributed by atoms with Crippen LogP contribution < -0.4 is 10.2 Å². The number of alkyl halides is 6. The molecule has 0 aliphatic rings. The minimum absolute atomic E-state index is 0.390. The second-order valence-electron chi connectivity index (χ2n) is 4.67. The standard InChI is InChI=1S/C14H12F6N2O5/c1-25-11(23)10(12(24)26-2)22-21-8-5-7(14(18,19)20)3-4-9(8)27-6-13(15,16)17/h3-5,21H,6H2,1-2H3. The van der Waals surface area contributed by atoms with Crippen molar-refractivity contribution in [3.8, 4) is 5.75 Å². The van der Waals surface area contributed by atoms with E-state index in [0.717, 1.165) is 14.2 Å². The van der Waals surface area contributed by atoms with Crippen LogP contribution in [-0.4, -0.2) is 44.7 Å². The molecule has 0 aliphatic heterocycles. The van der Waals surface area contributed by atoms with Crippen LogP contribution in [0.4, 0.5) is 32.0 Å². The van der Waals surface area contributed by atoms with Gasteiger partial charge in [-0.1, -0.05) is 0 Å². The van der Waals surface area contributed by atoms with Crippen molar-refractivity contribution in [1.82, 2.24) is 0 Å². The number of hydrogen-bond acceptors (Lipinski definition) is 7. The molecule has 1 rings (SSSR count). The first-order chi connectivity index (χ1) is 12.4. The van der Waals surface area contributed by atoms with Gasteiger partial charge in [0, 0.05) is 0 Å². The Morgan fingerprint density at radius 3 is 2.04 bits per heavy atom. The van der Waals surface area contributed by atoms with Crippen LogP contribution in [0.3, 0.4) is 0 Å². The smallest absolute Gasteiger partial charge is 0.422 e. The SMILES string of the molecule is COC(=O)C(=NNc1cc(C(F)(F)F)ccc1OCC(F)(F)F)C(=O)OC. The summed E-state index contributed by atoms with van der Waals surface area (Å²) in [5.74, 6) is -3.24. The maximum absolute atomic E-state index is 12.8. The first-order valence-electron chi connectivity index (χ1n) is 6.80. The summed E-state index contributed by atoms with van der Waals surface area (Å²) in [5.41, 5.74) is -1.02. The van der Waals surface area contributed by atoms with Crippen molar-refractivity contribution in [3.63, 3.8) is 0 Å². The highest BCUT2D eigenvalue weighted by Crippen LogP contribution is 2.35. The van der Waals surface area contributed by atoms with Gasteiger partial charge in [-0.3, -0.25) is 5.43 Å². The zero-order valence-electron chi connectivity index (χ0n) is 13.7. The number of hydrazone groups is 1. The Balaban J connectivity index is 3.28. The van der Waals surface area contributed by atoms with Gasteiger partial charge in [0.2, 0.25) is 0 Å². The quantitative estimate of drug-likeness (QED) is 0.259. The molecule has 13 heteroatoms. The van der Waals surface area contributed by atoms with Crippen LogP contribution in [0, 0.1) is 0 Å². The molecule has 0 radical (unpaired) electrons. The van der Waals surface area contributed by atoms with Gasteiger partial charge in [-0.25, -0.2) is 9.59 Å². The van der Waals surface area contributed by atoms with E-state index in [4.69, 9.17) is 0 Å². The molecule has 27 heavy (non-hydrogen) atoms. The third kappa shape index (κ3) is 6.67. The fourth-order valence-electron chi connectivity index (χ4n) is 1.56. The van der Waals surface area contributed by atoms with E-state index in [2.05, 4.69) is 19.3 Å². The molecule has 0 amide bonds. The fourth-order valence-corrected chi connectivity index (χ4v) is 1.56. The van der Waals surface area contributed by atoms with Gasteiger partial charge in [0.25, 0.3) is 5.71 Å². The van der Waals surface area contributed by atoms with Crippen LogP contribution in [0.2, 0.25) is 0 Å². The van der Waals surface area contributed by atoms with Gasteiger partial charge in [-0.15, -0.1) is 0 Å². The number of anilines is 1. The van der Waals surface area contributed by atoms with Gasteiger partial charge in [0.15, 0.2) is 6.61 Å². The minimum atomic E-state index is -4.82. The van der Waals surface area contributed by atoms with Gasteiger partial charge in [-0.2, -0.15) is 31.4 Å². The average molecular weight is 402 g/mol. The number of nitrogens with one attached hydrogen (secondary N) is 1. The van der Waals surface area contributed by atoms with Crippen molar-refractivity contribution in [2.24, 2.45) is 5.10 Å². The molecule has 0 unspecified atom stereocenters. The molecule has 7 nitrogen and oxygen atoms in total. The van der Waals surface area contributed by atoms with E-state index in [1.807, 2.05) is 5.43 Å². The molecular weight excluding hydrogens is 390 g/mol. The predicted octanol–water partition coefficient (Wildman–Crippen LogP) is 2.76. The molecule has 0 spiro atoms. The van der Waals surface area contributed by atoms with Crippen LogP contribution in [0.15, 0.2) is 23.3 Å². The van der Waals surface area contributed by atoms with Crippen LogP contribution >= 0.6 is 0 Å². The zero-order valence-corrected chi connectivity index (χ0v) is 13.7. The third-order valence-electron chi connectivity index (χ3n) is 2.74. The molecule has 0 heterocycles. The van der Waals surface area contributed by atoms with Gasteiger partial charge < -0.3 is 14.2 Å². The number of benzene rings is 1. The van der Waals surface area contributed by atoms with Crippen molar-refractivity contribution >= 4 is 23.3 Å². The maximum atomic E-state index is 12.8. The summed E-state index contributed by atoms with van der Waals surface area (Å²) in [7, 11) is 1.78. The van der Waals surface area contributed by atoms with Crippen molar-refractivity contribution in [2.75, 3.05) is 26.3 Å². The molecule has 0 aliphatic carbocycles. The summed E-state index contributed by atoms with van der Waals surface area (Å²) in [5, 5.41) is 3.25. The highest BCUT2D eigenvalue weighted by molar-refractivity contribution is 6.62. The van der Waals surface area contributed by atoms with Crippen molar-refractivity contribution < 1.29 is 50.1 Å². The van der Waals surface area contributed by atoms with Crippen LogP contribution in [0.25, 0.3) is 0 Å².